The third-order valence-corrected chi connectivity index (χ3v) is 17.4. The standard InChI is InChI=1S/C27H47N3O9Si2/c1-15(2)17-13-36-25(34)29(17)20(31)12-19-22(41(10,11)39-40(19,8)9)21(28-24(33)38-27(5,6)7)23(32)30-18(16(3)4)14-37-26(30)35/h15-19,21-22H,12-14H2,1-11H3,(H,28,33)/t17-,18-,19+,21+,22-/m1/s1. The minimum Gasteiger partial charge on any atom is -0.455 e. The van der Waals surface area contributed by atoms with Gasteiger partial charge in [0, 0.05) is 12.0 Å². The zero-order chi connectivity index (χ0) is 31.2. The molecule has 3 rings (SSSR count). The Kier molecular flexibility index (Phi) is 9.41. The lowest BCUT2D eigenvalue weighted by molar-refractivity contribution is -0.133. The first-order valence-corrected chi connectivity index (χ1v) is 20.3. The van der Waals surface area contributed by atoms with Gasteiger partial charge in [0.1, 0.15) is 24.9 Å². The van der Waals surface area contributed by atoms with E-state index < -0.39 is 81.5 Å². The van der Waals surface area contributed by atoms with Crippen molar-refractivity contribution in [2.45, 2.75) is 116 Å². The van der Waals surface area contributed by atoms with Gasteiger partial charge in [-0.25, -0.2) is 24.2 Å². The number of cyclic esters (lactones) is 2. The Balaban J connectivity index is 2.06. The van der Waals surface area contributed by atoms with Gasteiger partial charge in [-0.1, -0.05) is 27.7 Å². The highest BCUT2D eigenvalue weighted by molar-refractivity contribution is 6.92. The number of amides is 5. The molecule has 232 valence electrons. The maximum absolute atomic E-state index is 14.3. The van der Waals surface area contributed by atoms with Crippen LogP contribution in [0.15, 0.2) is 0 Å². The van der Waals surface area contributed by atoms with Gasteiger partial charge in [0.15, 0.2) is 16.6 Å². The van der Waals surface area contributed by atoms with Crippen molar-refractivity contribution in [3.8, 4) is 0 Å². The van der Waals surface area contributed by atoms with Gasteiger partial charge in [0.25, 0.3) is 5.91 Å². The second-order valence-electron chi connectivity index (χ2n) is 14.0. The van der Waals surface area contributed by atoms with E-state index in [1.54, 1.807) is 20.8 Å². The molecule has 5 amide bonds. The summed E-state index contributed by atoms with van der Waals surface area (Å²) in [6, 6.07) is -2.12. The Morgan fingerprint density at radius 3 is 1.88 bits per heavy atom. The number of carbonyl (C=O) groups excluding carboxylic acids is 5. The van der Waals surface area contributed by atoms with E-state index in [0.29, 0.717) is 0 Å². The fraction of sp³-hybridized carbons (Fsp3) is 0.815. The number of alkyl carbamates (subject to hydrolysis) is 1. The van der Waals surface area contributed by atoms with Gasteiger partial charge in [-0.05, 0) is 64.3 Å². The summed E-state index contributed by atoms with van der Waals surface area (Å²) in [5.41, 5.74) is -1.88. The van der Waals surface area contributed by atoms with E-state index in [1.165, 1.54) is 4.90 Å². The highest BCUT2D eigenvalue weighted by Crippen LogP contribution is 2.54. The van der Waals surface area contributed by atoms with Gasteiger partial charge in [-0.3, -0.25) is 9.59 Å². The minimum atomic E-state index is -2.80. The summed E-state index contributed by atoms with van der Waals surface area (Å²) >= 11 is 0. The molecular formula is C27H47N3O9Si2. The van der Waals surface area contributed by atoms with Crippen molar-refractivity contribution < 1.29 is 42.3 Å². The lowest BCUT2D eigenvalue weighted by Crippen LogP contribution is -2.58. The normalized spacial score (nSPS) is 28.1. The summed E-state index contributed by atoms with van der Waals surface area (Å²) in [7, 11) is -5.47. The molecule has 12 nitrogen and oxygen atoms in total. The largest absolute Gasteiger partial charge is 0.455 e. The quantitative estimate of drug-likeness (QED) is 0.325. The molecule has 3 saturated heterocycles. The van der Waals surface area contributed by atoms with Gasteiger partial charge < -0.3 is 23.6 Å². The lowest BCUT2D eigenvalue weighted by atomic mass is 10.0. The van der Waals surface area contributed by atoms with Gasteiger partial charge in [0.2, 0.25) is 5.91 Å². The van der Waals surface area contributed by atoms with E-state index in [0.717, 1.165) is 4.90 Å². The van der Waals surface area contributed by atoms with Crippen molar-refractivity contribution in [2.75, 3.05) is 13.2 Å². The lowest BCUT2D eigenvalue weighted by Gasteiger charge is -2.37. The van der Waals surface area contributed by atoms with Gasteiger partial charge in [-0.2, -0.15) is 0 Å². The van der Waals surface area contributed by atoms with Crippen LogP contribution >= 0.6 is 0 Å². The molecule has 0 spiro atoms. The number of nitrogens with zero attached hydrogens (tertiary/aromatic N) is 2. The van der Waals surface area contributed by atoms with E-state index in [4.69, 9.17) is 18.3 Å². The van der Waals surface area contributed by atoms with E-state index in [2.05, 4.69) is 5.32 Å². The zero-order valence-electron chi connectivity index (χ0n) is 26.2. The zero-order valence-corrected chi connectivity index (χ0v) is 28.2. The van der Waals surface area contributed by atoms with Crippen LogP contribution in [-0.4, -0.2) is 93.5 Å². The second kappa shape index (κ2) is 11.7. The smallest absolute Gasteiger partial charge is 0.417 e. The molecule has 0 aliphatic carbocycles. The van der Waals surface area contributed by atoms with E-state index in [1.807, 2.05) is 53.9 Å². The molecule has 1 N–H and O–H groups in total. The predicted molar refractivity (Wildman–Crippen MR) is 155 cm³/mol. The Hall–Kier alpha value is -2.46. The van der Waals surface area contributed by atoms with Crippen LogP contribution < -0.4 is 5.32 Å². The number of nitrogens with one attached hydrogen (secondary N) is 1. The molecule has 3 fully saturated rings. The van der Waals surface area contributed by atoms with Crippen LogP contribution in [0.25, 0.3) is 0 Å². The average molecular weight is 614 g/mol. The summed E-state index contributed by atoms with van der Waals surface area (Å²) in [5.74, 6) is -1.11. The van der Waals surface area contributed by atoms with Crippen LogP contribution in [0.4, 0.5) is 14.4 Å². The summed E-state index contributed by atoms with van der Waals surface area (Å²) in [5, 5.41) is 2.77. The van der Waals surface area contributed by atoms with Crippen molar-refractivity contribution in [1.29, 1.82) is 0 Å². The number of imide groups is 2. The Bertz CT molecular complexity index is 1070. The van der Waals surface area contributed by atoms with E-state index in [-0.39, 0.29) is 31.5 Å². The Morgan fingerprint density at radius 1 is 0.902 bits per heavy atom. The predicted octanol–water partition coefficient (Wildman–Crippen LogP) is 4.46. The van der Waals surface area contributed by atoms with Crippen LogP contribution in [-0.2, 0) is 27.9 Å². The van der Waals surface area contributed by atoms with Crippen molar-refractivity contribution >= 4 is 46.7 Å². The molecule has 3 heterocycles. The molecule has 0 aromatic rings. The SMILES string of the molecule is CC(C)[C@H]1COC(=O)N1C(=O)C[C@H]1[C@H]([C@H](NC(=O)OC(C)(C)C)C(=O)N2C(=O)OC[C@@H]2C(C)C)[Si](C)(C)O[Si]1(C)C. The molecule has 0 aromatic carbocycles. The molecule has 5 atom stereocenters. The van der Waals surface area contributed by atoms with Crippen molar-refractivity contribution in [3.63, 3.8) is 0 Å². The molecule has 0 unspecified atom stereocenters. The average Bonchev–Trinajstić information content (AvgIpc) is 3.42. The first-order chi connectivity index (χ1) is 18.7. The monoisotopic (exact) mass is 613 g/mol. The Labute approximate surface area is 245 Å². The highest BCUT2D eigenvalue weighted by Gasteiger charge is 2.62. The first-order valence-electron chi connectivity index (χ1n) is 14.4. The number of hydrogen-bond donors (Lipinski definition) is 1. The van der Waals surface area contributed by atoms with Crippen LogP contribution in [0.5, 0.6) is 0 Å². The molecule has 0 radical (unpaired) electrons. The first kappa shape index (κ1) is 33.1. The summed E-state index contributed by atoms with van der Waals surface area (Å²) in [4.78, 5) is 68.9. The van der Waals surface area contributed by atoms with Crippen molar-refractivity contribution in [2.24, 2.45) is 11.8 Å². The number of carbonyl (C=O) groups is 5. The fourth-order valence-electron chi connectivity index (χ4n) is 6.31. The summed E-state index contributed by atoms with van der Waals surface area (Å²) < 4.78 is 22.7. The maximum Gasteiger partial charge on any atom is 0.417 e. The molecular weight excluding hydrogens is 566 g/mol. The van der Waals surface area contributed by atoms with Crippen LogP contribution in [0, 0.1) is 11.8 Å². The molecule has 3 aliphatic heterocycles. The number of rotatable bonds is 7. The number of hydrogen-bond acceptors (Lipinski definition) is 9. The minimum absolute atomic E-state index is 0.00518. The third kappa shape index (κ3) is 6.96. The van der Waals surface area contributed by atoms with Gasteiger partial charge in [-0.15, -0.1) is 0 Å². The molecule has 41 heavy (non-hydrogen) atoms. The summed E-state index contributed by atoms with van der Waals surface area (Å²) in [6.45, 7) is 20.8. The fourth-order valence-corrected chi connectivity index (χ4v) is 19.1. The summed E-state index contributed by atoms with van der Waals surface area (Å²) in [6.07, 6.45) is -2.32. The Morgan fingerprint density at radius 2 is 1.39 bits per heavy atom. The van der Waals surface area contributed by atoms with Crippen LogP contribution in [0.1, 0.15) is 54.9 Å². The molecule has 14 heteroatoms. The van der Waals surface area contributed by atoms with Gasteiger partial charge >= 0.3 is 18.3 Å². The molecule has 0 aromatic heterocycles. The second-order valence-corrected chi connectivity index (χ2v) is 22.7. The topological polar surface area (TPSA) is 141 Å². The molecule has 0 bridgehead atoms. The highest BCUT2D eigenvalue weighted by atomic mass is 28.4. The molecule has 0 saturated carbocycles. The molecule has 3 aliphatic rings. The van der Waals surface area contributed by atoms with Crippen molar-refractivity contribution in [3.05, 3.63) is 0 Å². The maximum atomic E-state index is 14.3. The van der Waals surface area contributed by atoms with E-state index in [9.17, 15) is 24.0 Å². The van der Waals surface area contributed by atoms with Gasteiger partial charge in [0.05, 0.1) is 12.1 Å². The number of ether oxygens (including phenoxy) is 3. The van der Waals surface area contributed by atoms with E-state index >= 15 is 0 Å². The van der Waals surface area contributed by atoms with Crippen molar-refractivity contribution in [1.82, 2.24) is 15.1 Å². The van der Waals surface area contributed by atoms with Crippen LogP contribution in [0.2, 0.25) is 37.3 Å². The third-order valence-electron chi connectivity index (χ3n) is 8.20. The van der Waals surface area contributed by atoms with Crippen LogP contribution in [0.3, 0.4) is 0 Å².